The Labute approximate surface area is 146 Å². The number of benzene rings is 1. The zero-order chi connectivity index (χ0) is 16.9. The molecule has 0 aliphatic heterocycles. The van der Waals surface area contributed by atoms with Gasteiger partial charge in [-0.05, 0) is 48.6 Å². The highest BCUT2D eigenvalue weighted by atomic mass is 35.5. The van der Waals surface area contributed by atoms with Crippen LogP contribution in [0.15, 0.2) is 47.1 Å². The maximum absolute atomic E-state index is 12.2. The molecule has 3 rings (SSSR count). The van der Waals surface area contributed by atoms with Gasteiger partial charge in [-0.3, -0.25) is 0 Å². The number of amides is 2. The number of aliphatic hydroxyl groups is 1. The normalized spacial score (nSPS) is 16.9. The van der Waals surface area contributed by atoms with Crippen molar-refractivity contribution in [3.8, 4) is 0 Å². The number of carbonyl (C=O) groups excluding carboxylic acids is 1. The van der Waals surface area contributed by atoms with E-state index in [4.69, 9.17) is 16.0 Å². The maximum atomic E-state index is 12.2. The molecule has 1 heterocycles. The third kappa shape index (κ3) is 4.10. The Balaban J connectivity index is 1.58. The summed E-state index contributed by atoms with van der Waals surface area (Å²) >= 11 is 5.95. The Morgan fingerprint density at radius 1 is 1.29 bits per heavy atom. The van der Waals surface area contributed by atoms with E-state index >= 15 is 0 Å². The highest BCUT2D eigenvalue weighted by molar-refractivity contribution is 6.30. The summed E-state index contributed by atoms with van der Waals surface area (Å²) in [6.45, 7) is 0.0946. The number of urea groups is 1. The van der Waals surface area contributed by atoms with E-state index in [9.17, 15) is 9.90 Å². The van der Waals surface area contributed by atoms with Crippen LogP contribution >= 0.6 is 11.6 Å². The lowest BCUT2D eigenvalue weighted by molar-refractivity contribution is 0.146. The summed E-state index contributed by atoms with van der Waals surface area (Å²) in [7, 11) is 0. The molecular formula is C18H21ClN2O3. The van der Waals surface area contributed by atoms with Crippen molar-refractivity contribution in [2.45, 2.75) is 31.4 Å². The van der Waals surface area contributed by atoms with Crippen LogP contribution in [0.2, 0.25) is 5.02 Å². The predicted molar refractivity (Wildman–Crippen MR) is 91.7 cm³/mol. The fraction of sp³-hybridized carbons (Fsp3) is 0.389. The number of aliphatic hydroxyl groups excluding tert-OH is 1. The maximum Gasteiger partial charge on any atom is 0.315 e. The summed E-state index contributed by atoms with van der Waals surface area (Å²) in [4.78, 5) is 12.2. The standard InChI is InChI=1S/C18H21ClN2O3/c19-14-8-6-13(7-9-14)17(12-3-1-4-12)21-18(23)20-11-15(22)16-5-2-10-24-16/h2,5-10,12,15,17,22H,1,3-4,11H2,(H2,20,21,23). The number of nitrogens with one attached hydrogen (secondary N) is 2. The fourth-order valence-corrected chi connectivity index (χ4v) is 3.01. The Hall–Kier alpha value is -1.98. The average Bonchev–Trinajstić information content (AvgIpc) is 3.05. The zero-order valence-electron chi connectivity index (χ0n) is 13.2. The van der Waals surface area contributed by atoms with Crippen molar-refractivity contribution >= 4 is 17.6 Å². The lowest BCUT2D eigenvalue weighted by Crippen LogP contribution is -2.43. The molecule has 3 N–H and O–H groups in total. The summed E-state index contributed by atoms with van der Waals surface area (Å²) in [5, 5.41) is 16.4. The van der Waals surface area contributed by atoms with Crippen LogP contribution in [-0.4, -0.2) is 17.7 Å². The Morgan fingerprint density at radius 3 is 2.62 bits per heavy atom. The number of furan rings is 1. The van der Waals surface area contributed by atoms with Crippen LogP contribution < -0.4 is 10.6 Å². The van der Waals surface area contributed by atoms with Gasteiger partial charge in [0.05, 0.1) is 18.8 Å². The SMILES string of the molecule is O=C(NCC(O)c1ccco1)NC(c1ccc(Cl)cc1)C1CCC1. The third-order valence-corrected chi connectivity index (χ3v) is 4.72. The molecule has 1 aromatic carbocycles. The van der Waals surface area contributed by atoms with Crippen LogP contribution in [0.25, 0.3) is 0 Å². The molecule has 0 radical (unpaired) electrons. The highest BCUT2D eigenvalue weighted by Gasteiger charge is 2.29. The van der Waals surface area contributed by atoms with E-state index in [0.29, 0.717) is 16.7 Å². The van der Waals surface area contributed by atoms with Gasteiger partial charge in [0, 0.05) is 5.02 Å². The number of carbonyl (C=O) groups is 1. The van der Waals surface area contributed by atoms with E-state index in [1.165, 1.54) is 12.7 Å². The number of halogens is 1. The lowest BCUT2D eigenvalue weighted by atomic mass is 9.77. The summed E-state index contributed by atoms with van der Waals surface area (Å²) in [6.07, 6.45) is 4.02. The van der Waals surface area contributed by atoms with Crippen LogP contribution in [0, 0.1) is 5.92 Å². The molecule has 2 atom stereocenters. The first-order chi connectivity index (χ1) is 11.6. The highest BCUT2D eigenvalue weighted by Crippen LogP contribution is 2.37. The molecule has 1 aliphatic rings. The molecule has 5 nitrogen and oxygen atoms in total. The topological polar surface area (TPSA) is 74.5 Å². The average molecular weight is 349 g/mol. The molecule has 6 heteroatoms. The first kappa shape index (κ1) is 16.9. The summed E-state index contributed by atoms with van der Waals surface area (Å²) in [5.41, 5.74) is 1.05. The van der Waals surface area contributed by atoms with Gasteiger partial charge in [-0.15, -0.1) is 0 Å². The molecular weight excluding hydrogens is 328 g/mol. The smallest absolute Gasteiger partial charge is 0.315 e. The molecule has 24 heavy (non-hydrogen) atoms. The number of hydrogen-bond donors (Lipinski definition) is 3. The van der Waals surface area contributed by atoms with Gasteiger partial charge in [0.1, 0.15) is 11.9 Å². The van der Waals surface area contributed by atoms with Crippen molar-refractivity contribution in [1.29, 1.82) is 0 Å². The number of rotatable bonds is 6. The van der Waals surface area contributed by atoms with Gasteiger partial charge in [-0.25, -0.2) is 4.79 Å². The quantitative estimate of drug-likeness (QED) is 0.743. The van der Waals surface area contributed by atoms with E-state index in [-0.39, 0.29) is 18.6 Å². The van der Waals surface area contributed by atoms with E-state index in [1.807, 2.05) is 24.3 Å². The van der Waals surface area contributed by atoms with Crippen LogP contribution in [-0.2, 0) is 0 Å². The summed E-state index contributed by atoms with van der Waals surface area (Å²) in [5.74, 6) is 0.871. The van der Waals surface area contributed by atoms with Crippen molar-refractivity contribution in [3.05, 3.63) is 59.0 Å². The van der Waals surface area contributed by atoms with E-state index in [0.717, 1.165) is 18.4 Å². The van der Waals surface area contributed by atoms with Gasteiger partial charge in [0.15, 0.2) is 0 Å². The Kier molecular flexibility index (Phi) is 5.43. The largest absolute Gasteiger partial charge is 0.467 e. The second-order valence-electron chi connectivity index (χ2n) is 6.11. The molecule has 2 amide bonds. The van der Waals surface area contributed by atoms with Crippen LogP contribution in [0.4, 0.5) is 4.79 Å². The molecule has 0 spiro atoms. The molecule has 128 valence electrons. The van der Waals surface area contributed by atoms with Gasteiger partial charge in [0.25, 0.3) is 0 Å². The minimum atomic E-state index is -0.858. The molecule has 1 aliphatic carbocycles. The van der Waals surface area contributed by atoms with Crippen molar-refractivity contribution in [1.82, 2.24) is 10.6 Å². The molecule has 1 aromatic heterocycles. The van der Waals surface area contributed by atoms with Crippen molar-refractivity contribution in [2.75, 3.05) is 6.54 Å². The van der Waals surface area contributed by atoms with Crippen LogP contribution in [0.1, 0.15) is 42.7 Å². The fourth-order valence-electron chi connectivity index (χ4n) is 2.88. The molecule has 0 saturated heterocycles. The molecule has 2 unspecified atom stereocenters. The predicted octanol–water partition coefficient (Wildman–Crippen LogP) is 3.81. The van der Waals surface area contributed by atoms with Crippen molar-refractivity contribution in [3.63, 3.8) is 0 Å². The zero-order valence-corrected chi connectivity index (χ0v) is 14.0. The lowest BCUT2D eigenvalue weighted by Gasteiger charge is -2.34. The molecule has 1 fully saturated rings. The molecule has 0 bridgehead atoms. The van der Waals surface area contributed by atoms with Gasteiger partial charge in [-0.2, -0.15) is 0 Å². The van der Waals surface area contributed by atoms with Gasteiger partial charge >= 0.3 is 6.03 Å². The first-order valence-corrected chi connectivity index (χ1v) is 8.52. The van der Waals surface area contributed by atoms with Gasteiger partial charge in [0.2, 0.25) is 0 Å². The van der Waals surface area contributed by atoms with E-state index in [2.05, 4.69) is 10.6 Å². The van der Waals surface area contributed by atoms with Gasteiger partial charge < -0.3 is 20.2 Å². The Morgan fingerprint density at radius 2 is 2.04 bits per heavy atom. The first-order valence-electron chi connectivity index (χ1n) is 8.15. The second kappa shape index (κ2) is 7.73. The van der Waals surface area contributed by atoms with Gasteiger partial charge in [-0.1, -0.05) is 30.2 Å². The van der Waals surface area contributed by atoms with E-state index in [1.54, 1.807) is 12.1 Å². The minimum Gasteiger partial charge on any atom is -0.467 e. The van der Waals surface area contributed by atoms with E-state index < -0.39 is 6.10 Å². The Bertz CT molecular complexity index is 653. The van der Waals surface area contributed by atoms with Crippen LogP contribution in [0.5, 0.6) is 0 Å². The molecule has 1 saturated carbocycles. The second-order valence-corrected chi connectivity index (χ2v) is 6.54. The number of hydrogen-bond acceptors (Lipinski definition) is 3. The summed E-state index contributed by atoms with van der Waals surface area (Å²) < 4.78 is 5.12. The van der Waals surface area contributed by atoms with Crippen LogP contribution in [0.3, 0.4) is 0 Å². The third-order valence-electron chi connectivity index (χ3n) is 4.46. The van der Waals surface area contributed by atoms with Crippen molar-refractivity contribution in [2.24, 2.45) is 5.92 Å². The molecule has 2 aromatic rings. The summed E-state index contributed by atoms with van der Waals surface area (Å²) in [6, 6.07) is 10.6. The monoisotopic (exact) mass is 348 g/mol. The minimum absolute atomic E-state index is 0.0447. The van der Waals surface area contributed by atoms with Crippen molar-refractivity contribution < 1.29 is 14.3 Å².